The van der Waals surface area contributed by atoms with Gasteiger partial charge in [0, 0.05) is 18.5 Å². The number of nitrogens with zero attached hydrogens (tertiary/aromatic N) is 1. The van der Waals surface area contributed by atoms with Crippen molar-refractivity contribution in [2.75, 3.05) is 11.4 Å². The molecular weight excluding hydrogens is 474 g/mol. The van der Waals surface area contributed by atoms with Crippen LogP contribution in [0.3, 0.4) is 0 Å². The third-order valence-corrected chi connectivity index (χ3v) is 8.37. The molecule has 2 fully saturated rings. The van der Waals surface area contributed by atoms with E-state index in [0.29, 0.717) is 17.7 Å². The first-order valence-corrected chi connectivity index (χ1v) is 12.8. The van der Waals surface area contributed by atoms with Gasteiger partial charge in [0.05, 0.1) is 22.4 Å². The number of carbonyl (C=O) groups excluding carboxylic acids is 1. The fourth-order valence-corrected chi connectivity index (χ4v) is 6.32. The molecule has 0 unspecified atom stereocenters. The van der Waals surface area contributed by atoms with Gasteiger partial charge >= 0.3 is 5.97 Å². The van der Waals surface area contributed by atoms with Crippen LogP contribution in [0.1, 0.15) is 75.9 Å². The van der Waals surface area contributed by atoms with Crippen LogP contribution in [0.5, 0.6) is 0 Å². The van der Waals surface area contributed by atoms with Gasteiger partial charge in [0.2, 0.25) is 0 Å². The van der Waals surface area contributed by atoms with Gasteiger partial charge in [-0.2, -0.15) is 0 Å². The number of aromatic carboxylic acids is 1. The summed E-state index contributed by atoms with van der Waals surface area (Å²) < 4.78 is 27.5. The summed E-state index contributed by atoms with van der Waals surface area (Å²) in [4.78, 5) is 27.2. The van der Waals surface area contributed by atoms with E-state index in [4.69, 9.17) is 0 Å². The van der Waals surface area contributed by atoms with E-state index in [1.54, 1.807) is 30.3 Å². The summed E-state index contributed by atoms with van der Waals surface area (Å²) >= 11 is 0. The molecule has 0 aromatic heterocycles. The van der Waals surface area contributed by atoms with Crippen molar-refractivity contribution in [2.45, 2.75) is 56.0 Å². The summed E-state index contributed by atoms with van der Waals surface area (Å²) in [5.41, 5.74) is 3.84. The van der Waals surface area contributed by atoms with Crippen LogP contribution in [-0.4, -0.2) is 23.5 Å². The van der Waals surface area contributed by atoms with Gasteiger partial charge in [0.1, 0.15) is 0 Å². The van der Waals surface area contributed by atoms with Gasteiger partial charge in [-0.3, -0.25) is 4.79 Å². The number of anilines is 1. The van der Waals surface area contributed by atoms with Crippen LogP contribution >= 0.6 is 0 Å². The number of para-hydroxylation sites is 1. The number of fused-ring (bicyclic) bond motifs is 2. The highest BCUT2D eigenvalue weighted by Gasteiger charge is 2.48. The first-order chi connectivity index (χ1) is 17.8. The van der Waals surface area contributed by atoms with Gasteiger partial charge < -0.3 is 15.3 Å². The third-order valence-electron chi connectivity index (χ3n) is 8.37. The fraction of sp³-hybridized carbons (Fsp3) is 0.333. The van der Waals surface area contributed by atoms with Crippen LogP contribution in [0, 0.1) is 11.6 Å². The molecule has 3 aromatic carbocycles. The lowest BCUT2D eigenvalue weighted by Gasteiger charge is -2.26. The van der Waals surface area contributed by atoms with Crippen LogP contribution < -0.4 is 10.2 Å². The van der Waals surface area contributed by atoms with Crippen LogP contribution in [0.4, 0.5) is 14.5 Å². The average Bonchev–Trinajstić information content (AvgIpc) is 3.40. The summed E-state index contributed by atoms with van der Waals surface area (Å²) in [7, 11) is 0. The summed E-state index contributed by atoms with van der Waals surface area (Å²) in [5, 5.41) is 12.4. The van der Waals surface area contributed by atoms with E-state index >= 15 is 0 Å². The first kappa shape index (κ1) is 23.6. The Morgan fingerprint density at radius 2 is 1.65 bits per heavy atom. The smallest absolute Gasteiger partial charge is 0.335 e. The zero-order valence-corrected chi connectivity index (χ0v) is 20.4. The number of benzene rings is 3. The van der Waals surface area contributed by atoms with Gasteiger partial charge in [-0.25, -0.2) is 13.6 Å². The minimum absolute atomic E-state index is 0.0336. The molecule has 5 nitrogen and oxygen atoms in total. The Bertz CT molecular complexity index is 1390. The number of hydrogen-bond donors (Lipinski definition) is 2. The Morgan fingerprint density at radius 3 is 2.30 bits per heavy atom. The molecule has 2 saturated carbocycles. The molecule has 1 aliphatic heterocycles. The Hall–Kier alpha value is -3.74. The summed E-state index contributed by atoms with van der Waals surface area (Å²) in [5.74, 6) is -2.91. The molecule has 0 radical (unpaired) electrons. The first-order valence-electron chi connectivity index (χ1n) is 12.8. The van der Waals surface area contributed by atoms with Crippen LogP contribution in [-0.2, 0) is 17.5 Å². The highest BCUT2D eigenvalue weighted by atomic mass is 19.2. The summed E-state index contributed by atoms with van der Waals surface area (Å²) in [6.45, 7) is 1.13. The molecule has 37 heavy (non-hydrogen) atoms. The molecule has 7 heteroatoms. The van der Waals surface area contributed by atoms with E-state index < -0.39 is 23.1 Å². The molecule has 0 atom stereocenters. The predicted octanol–water partition coefficient (Wildman–Crippen LogP) is 5.91. The second kappa shape index (κ2) is 8.68. The highest BCUT2D eigenvalue weighted by Crippen LogP contribution is 2.52. The second-order valence-electron chi connectivity index (χ2n) is 10.7. The maximum Gasteiger partial charge on any atom is 0.335 e. The number of rotatable bonds is 6. The normalized spacial score (nSPS) is 18.6. The predicted molar refractivity (Wildman–Crippen MR) is 136 cm³/mol. The maximum atomic E-state index is 14.0. The molecule has 0 saturated heterocycles. The number of carboxylic acids is 1. The van der Waals surface area contributed by atoms with Crippen molar-refractivity contribution in [3.8, 4) is 0 Å². The standard InChI is InChI=1S/C30H28F2N2O3/c31-24-11-6-19(16-25(24)32)17-34-18-29(12-1-2-13-29)23-5-3-4-22(26(23)34)27(35)33-30(14-15-30)21-9-7-20(8-10-21)28(36)37/h3-11,16H,1-2,12-15,17-18H2,(H,33,35)(H,36,37). The molecule has 1 spiro atoms. The van der Waals surface area contributed by atoms with Crippen LogP contribution in [0.2, 0.25) is 0 Å². The van der Waals surface area contributed by atoms with Crippen molar-refractivity contribution >= 4 is 17.6 Å². The quantitative estimate of drug-likeness (QED) is 0.440. The van der Waals surface area contributed by atoms with Crippen molar-refractivity contribution in [1.29, 1.82) is 0 Å². The Morgan fingerprint density at radius 1 is 0.919 bits per heavy atom. The lowest BCUT2D eigenvalue weighted by atomic mass is 9.80. The lowest BCUT2D eigenvalue weighted by molar-refractivity contribution is 0.0696. The van der Waals surface area contributed by atoms with Crippen molar-refractivity contribution < 1.29 is 23.5 Å². The van der Waals surface area contributed by atoms with Crippen LogP contribution in [0.25, 0.3) is 0 Å². The number of amides is 1. The van der Waals surface area contributed by atoms with Gasteiger partial charge in [0.25, 0.3) is 5.91 Å². The molecule has 1 heterocycles. The number of carbonyl (C=O) groups is 2. The monoisotopic (exact) mass is 502 g/mol. The molecule has 2 aliphatic carbocycles. The van der Waals surface area contributed by atoms with Gasteiger partial charge in [-0.15, -0.1) is 0 Å². The summed E-state index contributed by atoms with van der Waals surface area (Å²) in [6.07, 6.45) is 5.90. The Labute approximate surface area is 214 Å². The number of carboxylic acid groups (broad SMARTS) is 1. The molecule has 190 valence electrons. The van der Waals surface area contributed by atoms with E-state index in [0.717, 1.165) is 68.0 Å². The average molecular weight is 503 g/mol. The van der Waals surface area contributed by atoms with E-state index in [-0.39, 0.29) is 16.9 Å². The van der Waals surface area contributed by atoms with Gasteiger partial charge in [-0.1, -0.05) is 43.2 Å². The summed E-state index contributed by atoms with van der Waals surface area (Å²) in [6, 6.07) is 16.6. The van der Waals surface area contributed by atoms with E-state index in [2.05, 4.69) is 16.3 Å². The Balaban J connectivity index is 1.33. The zero-order valence-electron chi connectivity index (χ0n) is 20.4. The van der Waals surface area contributed by atoms with Crippen molar-refractivity contribution in [3.63, 3.8) is 0 Å². The van der Waals surface area contributed by atoms with Crippen LogP contribution in [0.15, 0.2) is 60.7 Å². The van der Waals surface area contributed by atoms with E-state index in [9.17, 15) is 23.5 Å². The van der Waals surface area contributed by atoms with Gasteiger partial charge in [0.15, 0.2) is 11.6 Å². The maximum absolute atomic E-state index is 14.0. The minimum Gasteiger partial charge on any atom is -0.478 e. The molecule has 2 N–H and O–H groups in total. The highest BCUT2D eigenvalue weighted by molar-refractivity contribution is 6.02. The van der Waals surface area contributed by atoms with Crippen molar-refractivity contribution in [1.82, 2.24) is 5.32 Å². The minimum atomic E-state index is -0.984. The Kier molecular flexibility index (Phi) is 5.55. The van der Waals surface area contributed by atoms with Crippen molar-refractivity contribution in [3.05, 3.63) is 100 Å². The number of halogens is 2. The topological polar surface area (TPSA) is 69.6 Å². The fourth-order valence-electron chi connectivity index (χ4n) is 6.32. The van der Waals surface area contributed by atoms with E-state index in [1.807, 2.05) is 12.1 Å². The SMILES string of the molecule is O=C(O)c1ccc(C2(NC(=O)c3cccc4c3N(Cc3ccc(F)c(F)c3)CC43CCCC3)CC2)cc1. The molecule has 3 aliphatic rings. The lowest BCUT2D eigenvalue weighted by Crippen LogP contribution is -2.36. The largest absolute Gasteiger partial charge is 0.478 e. The molecular formula is C30H28F2N2O3. The molecule has 0 bridgehead atoms. The van der Waals surface area contributed by atoms with Gasteiger partial charge in [-0.05, 0) is 72.7 Å². The van der Waals surface area contributed by atoms with E-state index in [1.165, 1.54) is 6.07 Å². The third kappa shape index (κ3) is 4.06. The second-order valence-corrected chi connectivity index (χ2v) is 10.7. The number of hydrogen-bond acceptors (Lipinski definition) is 3. The molecule has 1 amide bonds. The number of nitrogens with one attached hydrogen (secondary N) is 1. The molecule has 6 rings (SSSR count). The zero-order chi connectivity index (χ0) is 25.8. The van der Waals surface area contributed by atoms with Crippen molar-refractivity contribution in [2.24, 2.45) is 0 Å². The molecule has 3 aromatic rings.